The normalized spacial score (nSPS) is 26.7. The van der Waals surface area contributed by atoms with E-state index in [-0.39, 0.29) is 5.91 Å². The molecule has 1 saturated heterocycles. The summed E-state index contributed by atoms with van der Waals surface area (Å²) in [7, 11) is 0. The highest BCUT2D eigenvalue weighted by Gasteiger charge is 2.19. The van der Waals surface area contributed by atoms with Gasteiger partial charge in [0, 0.05) is 12.6 Å². The lowest BCUT2D eigenvalue weighted by Gasteiger charge is -2.26. The van der Waals surface area contributed by atoms with Gasteiger partial charge in [-0.05, 0) is 5.92 Å². The number of rotatable bonds is 1. The van der Waals surface area contributed by atoms with E-state index in [4.69, 9.17) is 0 Å². The fraction of sp³-hybridized carbons (Fsp3) is 0.857. The molecule has 0 bridgehead atoms. The molecule has 58 valence electrons. The molecule has 0 aromatic rings. The maximum atomic E-state index is 10.8. The molecular formula is C7H14N2O. The second-order valence-electron chi connectivity index (χ2n) is 3.05. The van der Waals surface area contributed by atoms with Crippen molar-refractivity contribution in [3.8, 4) is 0 Å². The summed E-state index contributed by atoms with van der Waals surface area (Å²) in [4.78, 5) is 10.8. The predicted octanol–water partition coefficient (Wildman–Crippen LogP) is -0.270. The van der Waals surface area contributed by atoms with Crippen molar-refractivity contribution < 1.29 is 4.79 Å². The Morgan fingerprint density at radius 1 is 1.60 bits per heavy atom. The fourth-order valence-corrected chi connectivity index (χ4v) is 1.05. The van der Waals surface area contributed by atoms with Crippen molar-refractivity contribution in [2.24, 2.45) is 5.92 Å². The van der Waals surface area contributed by atoms with Crippen molar-refractivity contribution in [2.45, 2.75) is 19.9 Å². The number of hydrogen-bond acceptors (Lipinski definition) is 2. The van der Waals surface area contributed by atoms with E-state index in [1.54, 1.807) is 0 Å². The Kier molecular flexibility index (Phi) is 2.27. The molecule has 2 N–H and O–H groups in total. The van der Waals surface area contributed by atoms with E-state index in [9.17, 15) is 4.79 Å². The standard InChI is InChI=1S/C7H14N2O/c1-5(2)6-3-8-4-7(10)9-6/h5-6,8H,3-4H2,1-2H3,(H,9,10)/t6-/m1/s1. The van der Waals surface area contributed by atoms with Gasteiger partial charge in [-0.3, -0.25) is 4.79 Å². The van der Waals surface area contributed by atoms with Crippen LogP contribution in [-0.2, 0) is 4.79 Å². The number of carbonyl (C=O) groups excluding carboxylic acids is 1. The third-order valence-electron chi connectivity index (χ3n) is 1.80. The van der Waals surface area contributed by atoms with Gasteiger partial charge in [-0.25, -0.2) is 0 Å². The summed E-state index contributed by atoms with van der Waals surface area (Å²) in [6.45, 7) is 5.60. The molecule has 3 heteroatoms. The summed E-state index contributed by atoms with van der Waals surface area (Å²) >= 11 is 0. The Balaban J connectivity index is 2.39. The molecule has 1 heterocycles. The van der Waals surface area contributed by atoms with E-state index in [2.05, 4.69) is 24.5 Å². The Hall–Kier alpha value is -0.570. The molecule has 10 heavy (non-hydrogen) atoms. The molecule has 0 radical (unpaired) electrons. The average molecular weight is 142 g/mol. The van der Waals surface area contributed by atoms with Gasteiger partial charge in [-0.1, -0.05) is 13.8 Å². The maximum absolute atomic E-state index is 10.8. The molecule has 0 aliphatic carbocycles. The Bertz CT molecular complexity index is 134. The maximum Gasteiger partial charge on any atom is 0.234 e. The van der Waals surface area contributed by atoms with E-state index >= 15 is 0 Å². The van der Waals surface area contributed by atoms with Gasteiger partial charge in [0.25, 0.3) is 0 Å². The first-order valence-corrected chi connectivity index (χ1v) is 3.70. The van der Waals surface area contributed by atoms with Crippen molar-refractivity contribution >= 4 is 5.91 Å². The monoisotopic (exact) mass is 142 g/mol. The highest BCUT2D eigenvalue weighted by atomic mass is 16.2. The first-order chi connectivity index (χ1) is 4.70. The average Bonchev–Trinajstić information content (AvgIpc) is 1.88. The molecule has 0 spiro atoms. The number of amides is 1. The lowest BCUT2D eigenvalue weighted by molar-refractivity contribution is -0.122. The van der Waals surface area contributed by atoms with Crippen LogP contribution in [0.1, 0.15) is 13.8 Å². The van der Waals surface area contributed by atoms with Crippen molar-refractivity contribution in [1.29, 1.82) is 0 Å². The molecule has 1 aliphatic rings. The van der Waals surface area contributed by atoms with Crippen molar-refractivity contribution in [3.05, 3.63) is 0 Å². The highest BCUT2D eigenvalue weighted by Crippen LogP contribution is 2.01. The first-order valence-electron chi connectivity index (χ1n) is 3.70. The molecule has 0 aromatic carbocycles. The Morgan fingerprint density at radius 2 is 2.30 bits per heavy atom. The van der Waals surface area contributed by atoms with Crippen LogP contribution in [0.15, 0.2) is 0 Å². The summed E-state index contributed by atoms with van der Waals surface area (Å²) in [5.41, 5.74) is 0. The first kappa shape index (κ1) is 7.54. The lowest BCUT2D eigenvalue weighted by atomic mass is 10.0. The second-order valence-corrected chi connectivity index (χ2v) is 3.05. The van der Waals surface area contributed by atoms with Crippen molar-refractivity contribution in [2.75, 3.05) is 13.1 Å². The zero-order valence-corrected chi connectivity index (χ0v) is 6.48. The molecule has 1 rings (SSSR count). The predicted molar refractivity (Wildman–Crippen MR) is 39.6 cm³/mol. The Labute approximate surface area is 61.2 Å². The molecular weight excluding hydrogens is 128 g/mol. The van der Waals surface area contributed by atoms with Gasteiger partial charge < -0.3 is 10.6 Å². The number of piperazine rings is 1. The van der Waals surface area contributed by atoms with Crippen LogP contribution in [0.4, 0.5) is 0 Å². The minimum Gasteiger partial charge on any atom is -0.351 e. The molecule has 1 atom stereocenters. The fourth-order valence-electron chi connectivity index (χ4n) is 1.05. The van der Waals surface area contributed by atoms with Gasteiger partial charge in [0.1, 0.15) is 0 Å². The topological polar surface area (TPSA) is 41.1 Å². The molecule has 1 amide bonds. The van der Waals surface area contributed by atoms with E-state index < -0.39 is 0 Å². The van der Waals surface area contributed by atoms with Crippen LogP contribution in [0.2, 0.25) is 0 Å². The largest absolute Gasteiger partial charge is 0.351 e. The van der Waals surface area contributed by atoms with Crippen LogP contribution in [0.3, 0.4) is 0 Å². The van der Waals surface area contributed by atoms with Gasteiger partial charge >= 0.3 is 0 Å². The summed E-state index contributed by atoms with van der Waals surface area (Å²) in [6, 6.07) is 0.321. The summed E-state index contributed by atoms with van der Waals surface area (Å²) < 4.78 is 0. The molecule has 1 fully saturated rings. The van der Waals surface area contributed by atoms with Gasteiger partial charge in [-0.2, -0.15) is 0 Å². The lowest BCUT2D eigenvalue weighted by Crippen LogP contribution is -2.54. The van der Waals surface area contributed by atoms with Gasteiger partial charge in [0.05, 0.1) is 6.54 Å². The molecule has 0 saturated carbocycles. The molecule has 0 aromatic heterocycles. The zero-order chi connectivity index (χ0) is 7.56. The van der Waals surface area contributed by atoms with Crippen molar-refractivity contribution in [1.82, 2.24) is 10.6 Å². The third-order valence-corrected chi connectivity index (χ3v) is 1.80. The summed E-state index contributed by atoms with van der Waals surface area (Å²) in [5, 5.41) is 5.97. The van der Waals surface area contributed by atoms with E-state index in [1.165, 1.54) is 0 Å². The highest BCUT2D eigenvalue weighted by molar-refractivity contribution is 5.79. The van der Waals surface area contributed by atoms with Crippen LogP contribution in [-0.4, -0.2) is 25.0 Å². The number of carbonyl (C=O) groups is 1. The number of nitrogens with one attached hydrogen (secondary N) is 2. The smallest absolute Gasteiger partial charge is 0.234 e. The van der Waals surface area contributed by atoms with Gasteiger partial charge in [-0.15, -0.1) is 0 Å². The molecule has 1 aliphatic heterocycles. The number of hydrogen-bond donors (Lipinski definition) is 2. The molecule has 3 nitrogen and oxygen atoms in total. The minimum atomic E-state index is 0.116. The van der Waals surface area contributed by atoms with Crippen LogP contribution < -0.4 is 10.6 Å². The summed E-state index contributed by atoms with van der Waals surface area (Å²) in [5.74, 6) is 0.640. The van der Waals surface area contributed by atoms with Crippen LogP contribution in [0.25, 0.3) is 0 Å². The summed E-state index contributed by atoms with van der Waals surface area (Å²) in [6.07, 6.45) is 0. The minimum absolute atomic E-state index is 0.116. The van der Waals surface area contributed by atoms with Crippen LogP contribution >= 0.6 is 0 Å². The molecule has 0 unspecified atom stereocenters. The second kappa shape index (κ2) is 3.01. The van der Waals surface area contributed by atoms with E-state index in [0.717, 1.165) is 6.54 Å². The zero-order valence-electron chi connectivity index (χ0n) is 6.48. The van der Waals surface area contributed by atoms with E-state index in [1.807, 2.05) is 0 Å². The van der Waals surface area contributed by atoms with Crippen molar-refractivity contribution in [3.63, 3.8) is 0 Å². The SMILES string of the molecule is CC(C)[C@H]1CNCC(=O)N1. The quantitative estimate of drug-likeness (QED) is 0.529. The Morgan fingerprint density at radius 3 is 2.70 bits per heavy atom. The van der Waals surface area contributed by atoms with Crippen LogP contribution in [0, 0.1) is 5.92 Å². The van der Waals surface area contributed by atoms with E-state index in [0.29, 0.717) is 18.5 Å². The van der Waals surface area contributed by atoms with Gasteiger partial charge in [0.2, 0.25) is 5.91 Å². The third kappa shape index (κ3) is 1.70. The van der Waals surface area contributed by atoms with Crippen LogP contribution in [0.5, 0.6) is 0 Å². The van der Waals surface area contributed by atoms with Gasteiger partial charge in [0.15, 0.2) is 0 Å².